The number of carbonyl (C=O) groups is 1. The number of benzene rings is 1. The van der Waals surface area contributed by atoms with Gasteiger partial charge in [0.1, 0.15) is 29.1 Å². The van der Waals surface area contributed by atoms with Crippen LogP contribution in [-0.2, 0) is 4.74 Å². The number of fused-ring (bicyclic) bond motifs is 1. The molecule has 1 fully saturated rings. The van der Waals surface area contributed by atoms with Crippen molar-refractivity contribution in [2.24, 2.45) is 0 Å². The molecule has 27 heavy (non-hydrogen) atoms. The highest BCUT2D eigenvalue weighted by molar-refractivity contribution is 5.87. The van der Waals surface area contributed by atoms with Crippen LogP contribution >= 0.6 is 0 Å². The van der Waals surface area contributed by atoms with Crippen LogP contribution in [0.25, 0.3) is 10.9 Å². The molecule has 2 aromatic rings. The molecule has 1 aromatic carbocycles. The molecule has 6 heteroatoms. The van der Waals surface area contributed by atoms with Crippen LogP contribution in [-0.4, -0.2) is 40.8 Å². The molecule has 142 valence electrons. The van der Waals surface area contributed by atoms with Gasteiger partial charge in [-0.25, -0.2) is 4.79 Å². The Morgan fingerprint density at radius 3 is 2.63 bits per heavy atom. The van der Waals surface area contributed by atoms with E-state index in [4.69, 9.17) is 9.47 Å². The molecule has 0 spiro atoms. The molecule has 1 saturated heterocycles. The molecule has 0 atom stereocenters. The molecular formula is C21H25N3O3. The van der Waals surface area contributed by atoms with Crippen molar-refractivity contribution in [1.29, 1.82) is 5.26 Å². The smallest absolute Gasteiger partial charge is 0.410 e. The second kappa shape index (κ2) is 7.43. The zero-order valence-electron chi connectivity index (χ0n) is 16.3. The number of pyridine rings is 1. The summed E-state index contributed by atoms with van der Waals surface area (Å²) in [5.74, 6) is 0.585. The van der Waals surface area contributed by atoms with E-state index in [2.05, 4.69) is 11.1 Å². The van der Waals surface area contributed by atoms with Crippen molar-refractivity contribution in [2.45, 2.75) is 52.2 Å². The molecule has 0 unspecified atom stereocenters. The first-order chi connectivity index (χ1) is 12.8. The first kappa shape index (κ1) is 19.0. The van der Waals surface area contributed by atoms with E-state index in [0.717, 1.165) is 16.5 Å². The van der Waals surface area contributed by atoms with Gasteiger partial charge >= 0.3 is 6.09 Å². The number of piperidine rings is 1. The van der Waals surface area contributed by atoms with Crippen molar-refractivity contribution >= 4 is 17.0 Å². The molecule has 1 amide bonds. The van der Waals surface area contributed by atoms with Crippen LogP contribution < -0.4 is 4.74 Å². The predicted octanol–water partition coefficient (Wildman–Crippen LogP) is 4.19. The highest BCUT2D eigenvalue weighted by Gasteiger charge is 2.28. The minimum Gasteiger partial charge on any atom is -0.488 e. The lowest BCUT2D eigenvalue weighted by Gasteiger charge is -2.33. The van der Waals surface area contributed by atoms with E-state index in [1.54, 1.807) is 11.1 Å². The quantitative estimate of drug-likeness (QED) is 0.795. The summed E-state index contributed by atoms with van der Waals surface area (Å²) in [4.78, 5) is 18.3. The standard InChI is InChI=1S/C21H25N3O3/c1-14-5-6-18-17(11-14)19(15(12-22)13-23-18)26-16-7-9-24(10-8-16)20(25)27-21(2,3)4/h5-6,11,13,16H,7-10H2,1-4H3. The number of rotatable bonds is 2. The molecular weight excluding hydrogens is 342 g/mol. The largest absolute Gasteiger partial charge is 0.488 e. The van der Waals surface area contributed by atoms with E-state index in [0.29, 0.717) is 37.2 Å². The molecule has 0 saturated carbocycles. The Labute approximate surface area is 159 Å². The SMILES string of the molecule is Cc1ccc2ncc(C#N)c(OC3CCN(C(=O)OC(C)(C)C)CC3)c2c1. The van der Waals surface area contributed by atoms with Gasteiger partial charge in [0.25, 0.3) is 0 Å². The van der Waals surface area contributed by atoms with E-state index in [1.807, 2.05) is 45.9 Å². The number of aromatic nitrogens is 1. The van der Waals surface area contributed by atoms with Crippen LogP contribution in [0.2, 0.25) is 0 Å². The van der Waals surface area contributed by atoms with E-state index < -0.39 is 5.60 Å². The van der Waals surface area contributed by atoms with Gasteiger partial charge in [-0.15, -0.1) is 0 Å². The number of hydrogen-bond acceptors (Lipinski definition) is 5. The summed E-state index contributed by atoms with van der Waals surface area (Å²) < 4.78 is 11.7. The molecule has 6 nitrogen and oxygen atoms in total. The number of ether oxygens (including phenoxy) is 2. The van der Waals surface area contributed by atoms with Gasteiger partial charge in [-0.2, -0.15) is 5.26 Å². The lowest BCUT2D eigenvalue weighted by atomic mass is 10.1. The third-order valence-corrected chi connectivity index (χ3v) is 4.47. The second-order valence-corrected chi connectivity index (χ2v) is 7.92. The summed E-state index contributed by atoms with van der Waals surface area (Å²) in [6.45, 7) is 8.73. The number of carbonyl (C=O) groups excluding carboxylic acids is 1. The number of amides is 1. The maximum atomic E-state index is 12.2. The normalized spacial score (nSPS) is 15.4. The van der Waals surface area contributed by atoms with Crippen molar-refractivity contribution < 1.29 is 14.3 Å². The fraction of sp³-hybridized carbons (Fsp3) is 0.476. The van der Waals surface area contributed by atoms with Gasteiger partial charge in [-0.1, -0.05) is 11.6 Å². The van der Waals surface area contributed by atoms with Crippen LogP contribution in [0.4, 0.5) is 4.79 Å². The third-order valence-electron chi connectivity index (χ3n) is 4.47. The Morgan fingerprint density at radius 1 is 1.30 bits per heavy atom. The first-order valence-corrected chi connectivity index (χ1v) is 9.21. The summed E-state index contributed by atoms with van der Waals surface area (Å²) in [5.41, 5.74) is 1.83. The average molecular weight is 367 g/mol. The highest BCUT2D eigenvalue weighted by Crippen LogP contribution is 2.31. The summed E-state index contributed by atoms with van der Waals surface area (Å²) in [5, 5.41) is 10.3. The second-order valence-electron chi connectivity index (χ2n) is 7.92. The van der Waals surface area contributed by atoms with Crippen molar-refractivity contribution in [2.75, 3.05) is 13.1 Å². The van der Waals surface area contributed by atoms with Gasteiger partial charge in [0.2, 0.25) is 0 Å². The van der Waals surface area contributed by atoms with E-state index in [1.165, 1.54) is 0 Å². The molecule has 0 radical (unpaired) electrons. The summed E-state index contributed by atoms with van der Waals surface area (Å²) in [6, 6.07) is 8.10. The third kappa shape index (κ3) is 4.48. The fourth-order valence-corrected chi connectivity index (χ4v) is 3.14. The zero-order valence-corrected chi connectivity index (χ0v) is 16.3. The maximum absolute atomic E-state index is 12.2. The number of hydrogen-bond donors (Lipinski definition) is 0. The van der Waals surface area contributed by atoms with E-state index in [-0.39, 0.29) is 12.2 Å². The van der Waals surface area contributed by atoms with Gasteiger partial charge in [0, 0.05) is 37.5 Å². The van der Waals surface area contributed by atoms with Crippen LogP contribution in [0.5, 0.6) is 5.75 Å². The molecule has 1 aliphatic heterocycles. The van der Waals surface area contributed by atoms with Crippen LogP contribution in [0, 0.1) is 18.3 Å². The minimum absolute atomic E-state index is 0.0538. The predicted molar refractivity (Wildman–Crippen MR) is 103 cm³/mol. The summed E-state index contributed by atoms with van der Waals surface area (Å²) in [7, 11) is 0. The Hall–Kier alpha value is -2.81. The number of likely N-dealkylation sites (tertiary alicyclic amines) is 1. The molecule has 2 heterocycles. The molecule has 0 N–H and O–H groups in total. The number of nitriles is 1. The van der Waals surface area contributed by atoms with Gasteiger partial charge in [0.05, 0.1) is 5.52 Å². The maximum Gasteiger partial charge on any atom is 0.410 e. The van der Waals surface area contributed by atoms with E-state index in [9.17, 15) is 10.1 Å². The van der Waals surface area contributed by atoms with Gasteiger partial charge in [-0.3, -0.25) is 4.98 Å². The number of nitrogens with zero attached hydrogens (tertiary/aromatic N) is 3. The van der Waals surface area contributed by atoms with E-state index >= 15 is 0 Å². The topological polar surface area (TPSA) is 75.5 Å². The van der Waals surface area contributed by atoms with Crippen molar-refractivity contribution in [1.82, 2.24) is 9.88 Å². The molecule has 3 rings (SSSR count). The summed E-state index contributed by atoms with van der Waals surface area (Å²) >= 11 is 0. The lowest BCUT2D eigenvalue weighted by molar-refractivity contribution is 0.0127. The summed E-state index contributed by atoms with van der Waals surface area (Å²) in [6.07, 6.45) is 2.60. The molecule has 1 aliphatic rings. The highest BCUT2D eigenvalue weighted by atomic mass is 16.6. The minimum atomic E-state index is -0.500. The van der Waals surface area contributed by atoms with Crippen LogP contribution in [0.15, 0.2) is 24.4 Å². The van der Waals surface area contributed by atoms with Crippen molar-refractivity contribution in [3.05, 3.63) is 35.5 Å². The molecule has 1 aromatic heterocycles. The average Bonchev–Trinajstić information content (AvgIpc) is 2.61. The molecule has 0 aliphatic carbocycles. The fourth-order valence-electron chi connectivity index (χ4n) is 3.14. The first-order valence-electron chi connectivity index (χ1n) is 9.21. The van der Waals surface area contributed by atoms with Crippen LogP contribution in [0.3, 0.4) is 0 Å². The Kier molecular flexibility index (Phi) is 5.22. The van der Waals surface area contributed by atoms with Gasteiger partial charge in [-0.05, 0) is 39.8 Å². The Balaban J connectivity index is 1.73. The Bertz CT molecular complexity index is 888. The van der Waals surface area contributed by atoms with Crippen molar-refractivity contribution in [3.63, 3.8) is 0 Å². The zero-order chi connectivity index (χ0) is 19.6. The monoisotopic (exact) mass is 367 g/mol. The van der Waals surface area contributed by atoms with Crippen LogP contribution in [0.1, 0.15) is 44.7 Å². The van der Waals surface area contributed by atoms with Gasteiger partial charge < -0.3 is 14.4 Å². The van der Waals surface area contributed by atoms with Gasteiger partial charge in [0.15, 0.2) is 0 Å². The van der Waals surface area contributed by atoms with Crippen molar-refractivity contribution in [3.8, 4) is 11.8 Å². The Morgan fingerprint density at radius 2 is 2.00 bits per heavy atom. The lowest BCUT2D eigenvalue weighted by Crippen LogP contribution is -2.44. The molecule has 0 bridgehead atoms. The number of aryl methyl sites for hydroxylation is 1.